The molecular formula is C10H10N4O. The summed E-state index contributed by atoms with van der Waals surface area (Å²) < 4.78 is 1.57. The van der Waals surface area contributed by atoms with Crippen molar-refractivity contribution in [1.29, 1.82) is 0 Å². The molecule has 0 bridgehead atoms. The molecule has 0 aliphatic heterocycles. The highest BCUT2D eigenvalue weighted by atomic mass is 16.1. The van der Waals surface area contributed by atoms with Crippen molar-refractivity contribution in [3.8, 4) is 0 Å². The first-order valence-corrected chi connectivity index (χ1v) is 4.50. The van der Waals surface area contributed by atoms with E-state index in [0.29, 0.717) is 5.69 Å². The predicted octanol–water partition coefficient (Wildman–Crippen LogP) is 0.750. The van der Waals surface area contributed by atoms with Gasteiger partial charge >= 0.3 is 0 Å². The zero-order chi connectivity index (χ0) is 10.8. The van der Waals surface area contributed by atoms with Gasteiger partial charge in [0.05, 0.1) is 0 Å². The standard InChI is InChI=1S/C10H10N4O/c1-7-5-11-10(12-6-7)9(15)8-3-4-14(2)13-8/h3-6H,1-2H3. The van der Waals surface area contributed by atoms with Crippen molar-refractivity contribution in [2.24, 2.45) is 7.05 Å². The summed E-state index contributed by atoms with van der Waals surface area (Å²) in [6.07, 6.45) is 4.94. The normalized spacial score (nSPS) is 10.3. The fourth-order valence-corrected chi connectivity index (χ4v) is 1.16. The quantitative estimate of drug-likeness (QED) is 0.674. The van der Waals surface area contributed by atoms with Crippen LogP contribution < -0.4 is 0 Å². The number of aromatic nitrogens is 4. The zero-order valence-electron chi connectivity index (χ0n) is 8.51. The van der Waals surface area contributed by atoms with Crippen LogP contribution in [0.4, 0.5) is 0 Å². The van der Waals surface area contributed by atoms with Crippen molar-refractivity contribution in [2.75, 3.05) is 0 Å². The molecule has 2 aromatic rings. The first-order valence-electron chi connectivity index (χ1n) is 4.50. The molecule has 0 aliphatic carbocycles. The number of hydrogen-bond acceptors (Lipinski definition) is 4. The van der Waals surface area contributed by atoms with Crippen LogP contribution in [0.5, 0.6) is 0 Å². The van der Waals surface area contributed by atoms with Gasteiger partial charge in [0.25, 0.3) is 0 Å². The van der Waals surface area contributed by atoms with Crippen LogP contribution in [0.3, 0.4) is 0 Å². The Labute approximate surface area is 86.8 Å². The minimum Gasteiger partial charge on any atom is -0.283 e. The SMILES string of the molecule is Cc1cnc(C(=O)c2ccn(C)n2)nc1. The number of aryl methyl sites for hydroxylation is 2. The Morgan fingerprint density at radius 2 is 2.00 bits per heavy atom. The van der Waals surface area contributed by atoms with E-state index in [-0.39, 0.29) is 11.6 Å². The molecular weight excluding hydrogens is 192 g/mol. The van der Waals surface area contributed by atoms with Gasteiger partial charge in [0.15, 0.2) is 0 Å². The maximum atomic E-state index is 11.8. The molecule has 76 valence electrons. The highest BCUT2D eigenvalue weighted by molar-refractivity contribution is 6.04. The van der Waals surface area contributed by atoms with Crippen LogP contribution in [0.2, 0.25) is 0 Å². The lowest BCUT2D eigenvalue weighted by Crippen LogP contribution is -2.08. The Balaban J connectivity index is 2.32. The molecule has 2 rings (SSSR count). The van der Waals surface area contributed by atoms with Gasteiger partial charge in [-0.15, -0.1) is 0 Å². The van der Waals surface area contributed by atoms with E-state index in [0.717, 1.165) is 5.56 Å². The topological polar surface area (TPSA) is 60.7 Å². The van der Waals surface area contributed by atoms with E-state index in [1.54, 1.807) is 36.4 Å². The van der Waals surface area contributed by atoms with E-state index in [4.69, 9.17) is 0 Å². The number of carbonyl (C=O) groups excluding carboxylic acids is 1. The monoisotopic (exact) mass is 202 g/mol. The van der Waals surface area contributed by atoms with Crippen molar-refractivity contribution >= 4 is 5.78 Å². The van der Waals surface area contributed by atoms with E-state index in [9.17, 15) is 4.79 Å². The van der Waals surface area contributed by atoms with Crippen LogP contribution >= 0.6 is 0 Å². The molecule has 5 nitrogen and oxygen atoms in total. The summed E-state index contributed by atoms with van der Waals surface area (Å²) >= 11 is 0. The average molecular weight is 202 g/mol. The molecule has 0 saturated carbocycles. The van der Waals surface area contributed by atoms with Crippen LogP contribution in [0.1, 0.15) is 21.9 Å². The summed E-state index contributed by atoms with van der Waals surface area (Å²) in [6.45, 7) is 1.87. The van der Waals surface area contributed by atoms with Gasteiger partial charge in [-0.25, -0.2) is 9.97 Å². The van der Waals surface area contributed by atoms with Crippen LogP contribution in [-0.2, 0) is 7.05 Å². The molecule has 0 fully saturated rings. The lowest BCUT2D eigenvalue weighted by atomic mass is 10.2. The molecule has 0 radical (unpaired) electrons. The Morgan fingerprint density at radius 3 is 2.53 bits per heavy atom. The lowest BCUT2D eigenvalue weighted by Gasteiger charge is -1.95. The van der Waals surface area contributed by atoms with Crippen molar-refractivity contribution < 1.29 is 4.79 Å². The van der Waals surface area contributed by atoms with E-state index in [1.807, 2.05) is 6.92 Å². The molecule has 0 aliphatic rings. The van der Waals surface area contributed by atoms with Crippen molar-refractivity contribution in [3.05, 3.63) is 41.7 Å². The van der Waals surface area contributed by atoms with E-state index >= 15 is 0 Å². The lowest BCUT2D eigenvalue weighted by molar-refractivity contribution is 0.102. The van der Waals surface area contributed by atoms with Crippen LogP contribution in [0.15, 0.2) is 24.7 Å². The Bertz CT molecular complexity index is 486. The van der Waals surface area contributed by atoms with Crippen molar-refractivity contribution in [2.45, 2.75) is 6.92 Å². The molecule has 0 spiro atoms. The molecule has 2 heterocycles. The second-order valence-corrected chi connectivity index (χ2v) is 3.29. The van der Waals surface area contributed by atoms with Gasteiger partial charge in [-0.2, -0.15) is 5.10 Å². The zero-order valence-corrected chi connectivity index (χ0v) is 8.51. The van der Waals surface area contributed by atoms with E-state index in [1.165, 1.54) is 0 Å². The van der Waals surface area contributed by atoms with Gasteiger partial charge < -0.3 is 0 Å². The maximum Gasteiger partial charge on any atom is 0.250 e. The minimum absolute atomic E-state index is 0.180. The molecule has 0 amide bonds. The van der Waals surface area contributed by atoms with Crippen LogP contribution in [-0.4, -0.2) is 25.5 Å². The smallest absolute Gasteiger partial charge is 0.250 e. The Morgan fingerprint density at radius 1 is 1.33 bits per heavy atom. The highest BCUT2D eigenvalue weighted by Gasteiger charge is 2.14. The second kappa shape index (κ2) is 3.61. The summed E-state index contributed by atoms with van der Waals surface area (Å²) in [5.41, 5.74) is 1.29. The number of ketones is 1. The van der Waals surface area contributed by atoms with Crippen molar-refractivity contribution in [3.63, 3.8) is 0 Å². The van der Waals surface area contributed by atoms with Gasteiger partial charge in [-0.1, -0.05) is 0 Å². The second-order valence-electron chi connectivity index (χ2n) is 3.29. The highest BCUT2D eigenvalue weighted by Crippen LogP contribution is 2.02. The molecule has 0 aromatic carbocycles. The first-order chi connectivity index (χ1) is 7.16. The fraction of sp³-hybridized carbons (Fsp3) is 0.200. The molecule has 0 atom stereocenters. The van der Waals surface area contributed by atoms with Gasteiger partial charge in [-0.05, 0) is 18.6 Å². The summed E-state index contributed by atoms with van der Waals surface area (Å²) in [7, 11) is 1.76. The fourth-order valence-electron chi connectivity index (χ4n) is 1.16. The third-order valence-electron chi connectivity index (χ3n) is 1.93. The molecule has 0 saturated heterocycles. The third-order valence-corrected chi connectivity index (χ3v) is 1.93. The predicted molar refractivity (Wildman–Crippen MR) is 53.4 cm³/mol. The molecule has 0 N–H and O–H groups in total. The average Bonchev–Trinajstić information content (AvgIpc) is 2.65. The van der Waals surface area contributed by atoms with Crippen molar-refractivity contribution in [1.82, 2.24) is 19.7 Å². The molecule has 2 aromatic heterocycles. The summed E-state index contributed by atoms with van der Waals surface area (Å²) in [5, 5.41) is 4.00. The van der Waals surface area contributed by atoms with Gasteiger partial charge in [0.1, 0.15) is 5.69 Å². The molecule has 0 unspecified atom stereocenters. The minimum atomic E-state index is -0.254. The number of nitrogens with zero attached hydrogens (tertiary/aromatic N) is 4. The van der Waals surface area contributed by atoms with Crippen LogP contribution in [0.25, 0.3) is 0 Å². The van der Waals surface area contributed by atoms with E-state index < -0.39 is 0 Å². The van der Waals surface area contributed by atoms with Gasteiger partial charge in [0.2, 0.25) is 11.6 Å². The van der Waals surface area contributed by atoms with Crippen LogP contribution in [0, 0.1) is 6.92 Å². The summed E-state index contributed by atoms with van der Waals surface area (Å²) in [4.78, 5) is 19.7. The molecule has 15 heavy (non-hydrogen) atoms. The Hall–Kier alpha value is -2.04. The largest absolute Gasteiger partial charge is 0.283 e. The maximum absolute atomic E-state index is 11.8. The number of rotatable bonds is 2. The Kier molecular flexibility index (Phi) is 2.29. The van der Waals surface area contributed by atoms with Gasteiger partial charge in [-0.3, -0.25) is 9.48 Å². The third kappa shape index (κ3) is 1.90. The van der Waals surface area contributed by atoms with Gasteiger partial charge in [0, 0.05) is 25.6 Å². The summed E-state index contributed by atoms with van der Waals surface area (Å²) in [5.74, 6) is -0.0742. The number of carbonyl (C=O) groups is 1. The first kappa shape index (κ1) is 9.51. The summed E-state index contributed by atoms with van der Waals surface area (Å²) in [6, 6.07) is 1.64. The van der Waals surface area contributed by atoms with E-state index in [2.05, 4.69) is 15.1 Å². The molecule has 5 heteroatoms. The number of hydrogen-bond donors (Lipinski definition) is 0.